The number of Topliss-reactive ketones (excluding diaryl/α,β-unsaturated/α-hetero) is 4. The molecule has 0 aliphatic heterocycles. The van der Waals surface area contributed by atoms with E-state index in [0.717, 1.165) is 12.0 Å². The van der Waals surface area contributed by atoms with E-state index in [0.29, 0.717) is 22.4 Å². The van der Waals surface area contributed by atoms with E-state index in [1.165, 1.54) is 4.90 Å². The van der Waals surface area contributed by atoms with E-state index < -0.39 is 64.4 Å². The highest BCUT2D eigenvalue weighted by atomic mass is 16.3. The third-order valence-corrected chi connectivity index (χ3v) is 9.19. The monoisotopic (exact) mass is 561 g/mol. The second-order valence-electron chi connectivity index (χ2n) is 11.9. The van der Waals surface area contributed by atoms with Crippen LogP contribution in [-0.2, 0) is 32.0 Å². The number of aryl methyl sites for hydroxylation is 1. The molecule has 0 saturated heterocycles. The summed E-state index contributed by atoms with van der Waals surface area (Å²) in [5, 5.41) is 23.3. The maximum Gasteiger partial charge on any atom is 0.235 e. The topological polar surface area (TPSA) is 158 Å². The Morgan fingerprint density at radius 3 is 2.22 bits per heavy atom. The molecule has 4 N–H and O–H groups in total. The number of phenols is 1. The van der Waals surface area contributed by atoms with E-state index in [4.69, 9.17) is 5.73 Å². The molecule has 10 heteroatoms. The zero-order valence-corrected chi connectivity index (χ0v) is 23.8. The van der Waals surface area contributed by atoms with Crippen LogP contribution in [0.5, 0.6) is 5.75 Å². The first-order chi connectivity index (χ1) is 19.2. The molecule has 0 bridgehead atoms. The lowest BCUT2D eigenvalue weighted by atomic mass is 9.52. The first-order valence-corrected chi connectivity index (χ1v) is 13.8. The van der Waals surface area contributed by atoms with Crippen LogP contribution in [0.3, 0.4) is 0 Å². The van der Waals surface area contributed by atoms with Gasteiger partial charge in [0, 0.05) is 31.3 Å². The van der Waals surface area contributed by atoms with Crippen LogP contribution in [0.25, 0.3) is 11.1 Å². The van der Waals surface area contributed by atoms with E-state index in [-0.39, 0.29) is 24.2 Å². The molecule has 3 aliphatic rings. The van der Waals surface area contributed by atoms with Gasteiger partial charge in [0.15, 0.2) is 34.7 Å². The number of carbonyl (C=O) groups is 5. The van der Waals surface area contributed by atoms with E-state index >= 15 is 0 Å². The predicted octanol–water partition coefficient (Wildman–Crippen LogP) is 1.16. The maximum atomic E-state index is 14.2. The number of aromatic hydroxyl groups is 1. The lowest BCUT2D eigenvalue weighted by Crippen LogP contribution is -2.74. The molecule has 41 heavy (non-hydrogen) atoms. The van der Waals surface area contributed by atoms with Crippen molar-refractivity contribution in [1.82, 2.24) is 4.90 Å². The van der Waals surface area contributed by atoms with Gasteiger partial charge in [0.1, 0.15) is 5.75 Å². The van der Waals surface area contributed by atoms with E-state index in [2.05, 4.69) is 0 Å². The van der Waals surface area contributed by atoms with Gasteiger partial charge in [-0.3, -0.25) is 28.9 Å². The summed E-state index contributed by atoms with van der Waals surface area (Å²) < 4.78 is 0. The van der Waals surface area contributed by atoms with Crippen molar-refractivity contribution >= 4 is 34.7 Å². The Morgan fingerprint density at radius 2 is 1.68 bits per heavy atom. The van der Waals surface area contributed by atoms with Crippen LogP contribution in [0.15, 0.2) is 30.3 Å². The number of carbonyl (C=O) groups excluding carboxylic acids is 5. The standard InChI is InChI=1S/C31H35N3O7/c1-6-14-7-9-15(10-8-14)17-13-20(33(2)3)18-11-16-12-19-24(34(4)5)27(37)23(30(32)40)29(39)31(19,41)28(38)21(16)26(36)22(18)25(17)35/h7-10,13,16,19,21,23-24,35,41H,6,11-12H2,1-5H3,(H2,32,40)/t16-,19-,21?,23?,24-,31-/m0/s1. The number of hydrogen-bond acceptors (Lipinski definition) is 9. The number of anilines is 1. The van der Waals surface area contributed by atoms with Crippen LogP contribution in [-0.4, -0.2) is 84.0 Å². The third kappa shape index (κ3) is 4.03. The lowest BCUT2D eigenvalue weighted by molar-refractivity contribution is -0.181. The van der Waals surface area contributed by atoms with Gasteiger partial charge in [-0.2, -0.15) is 0 Å². The molecule has 6 atom stereocenters. The Kier molecular flexibility index (Phi) is 6.90. The van der Waals surface area contributed by atoms with Crippen LogP contribution in [0.2, 0.25) is 0 Å². The molecule has 2 saturated carbocycles. The van der Waals surface area contributed by atoms with Gasteiger partial charge in [-0.1, -0.05) is 31.2 Å². The Hall–Kier alpha value is -3.89. The molecular formula is C31H35N3O7. The van der Waals surface area contributed by atoms with Gasteiger partial charge in [0.25, 0.3) is 0 Å². The first-order valence-electron chi connectivity index (χ1n) is 13.8. The predicted molar refractivity (Wildman–Crippen MR) is 150 cm³/mol. The second-order valence-corrected chi connectivity index (χ2v) is 11.9. The average molecular weight is 562 g/mol. The molecule has 10 nitrogen and oxygen atoms in total. The number of rotatable bonds is 5. The van der Waals surface area contributed by atoms with Crippen LogP contribution < -0.4 is 10.6 Å². The molecule has 2 unspecified atom stereocenters. The molecule has 2 aromatic carbocycles. The van der Waals surface area contributed by atoms with E-state index in [9.17, 15) is 34.2 Å². The fourth-order valence-corrected chi connectivity index (χ4v) is 7.19. The van der Waals surface area contributed by atoms with Crippen molar-refractivity contribution in [3.63, 3.8) is 0 Å². The van der Waals surface area contributed by atoms with Gasteiger partial charge in [0.05, 0.1) is 17.5 Å². The molecule has 2 fully saturated rings. The zero-order valence-electron chi connectivity index (χ0n) is 23.8. The van der Waals surface area contributed by atoms with Crippen molar-refractivity contribution in [2.75, 3.05) is 33.1 Å². The highest BCUT2D eigenvalue weighted by molar-refractivity contribution is 6.32. The van der Waals surface area contributed by atoms with Gasteiger partial charge < -0.3 is 20.8 Å². The SMILES string of the molecule is CCc1ccc(-c2cc(N(C)C)c3c(c2O)C(=O)C2C(=O)[C@]4(O)C(=O)C(C(N)=O)C(=O)[C@@H](N(C)C)[C@@H]4C[C@@H]2C3)cc1. The number of nitrogens with zero attached hydrogens (tertiary/aromatic N) is 2. The van der Waals surface area contributed by atoms with Crippen molar-refractivity contribution < 1.29 is 34.2 Å². The lowest BCUT2D eigenvalue weighted by Gasteiger charge is -2.52. The van der Waals surface area contributed by atoms with Gasteiger partial charge in [0.2, 0.25) is 5.91 Å². The van der Waals surface area contributed by atoms with E-state index in [1.807, 2.05) is 56.3 Å². The molecule has 0 heterocycles. The van der Waals surface area contributed by atoms with Gasteiger partial charge in [-0.15, -0.1) is 0 Å². The quantitative estimate of drug-likeness (QED) is 0.456. The molecule has 1 amide bonds. The first kappa shape index (κ1) is 28.6. The number of primary amides is 1. The minimum absolute atomic E-state index is 0.0117. The number of amides is 1. The summed E-state index contributed by atoms with van der Waals surface area (Å²) in [6, 6.07) is 8.28. The zero-order chi connectivity index (χ0) is 30.1. The summed E-state index contributed by atoms with van der Waals surface area (Å²) in [5.41, 5.74) is 6.10. The van der Waals surface area contributed by atoms with Gasteiger partial charge in [-0.05, 0) is 62.0 Å². The fraction of sp³-hybridized carbons (Fsp3) is 0.452. The third-order valence-electron chi connectivity index (χ3n) is 9.19. The van der Waals surface area contributed by atoms with Crippen molar-refractivity contribution in [1.29, 1.82) is 0 Å². The Bertz CT molecular complexity index is 1500. The van der Waals surface area contributed by atoms with Gasteiger partial charge >= 0.3 is 0 Å². The number of aliphatic hydroxyl groups is 1. The van der Waals surface area contributed by atoms with Crippen molar-refractivity contribution in [3.8, 4) is 16.9 Å². The Morgan fingerprint density at radius 1 is 1.05 bits per heavy atom. The number of likely N-dealkylation sites (N-methyl/N-ethyl adjacent to an activating group) is 1. The van der Waals surface area contributed by atoms with Crippen LogP contribution >= 0.6 is 0 Å². The minimum atomic E-state index is -2.75. The molecular weight excluding hydrogens is 526 g/mol. The number of phenolic OH excluding ortho intramolecular Hbond substituents is 1. The molecule has 216 valence electrons. The molecule has 0 spiro atoms. The summed E-state index contributed by atoms with van der Waals surface area (Å²) >= 11 is 0. The highest BCUT2D eigenvalue weighted by Crippen LogP contribution is 2.53. The Labute approximate surface area is 238 Å². The summed E-state index contributed by atoms with van der Waals surface area (Å²) in [4.78, 5) is 70.4. The number of hydrogen-bond donors (Lipinski definition) is 3. The summed E-state index contributed by atoms with van der Waals surface area (Å²) in [5.74, 6) is -10.5. The summed E-state index contributed by atoms with van der Waals surface area (Å²) in [6.07, 6.45) is 1.06. The molecule has 5 rings (SSSR count). The van der Waals surface area contributed by atoms with Gasteiger partial charge in [-0.25, -0.2) is 0 Å². The fourth-order valence-electron chi connectivity index (χ4n) is 7.19. The molecule has 0 radical (unpaired) electrons. The second kappa shape index (κ2) is 9.88. The normalized spacial score (nSPS) is 29.2. The number of ketones is 4. The molecule has 0 aromatic heterocycles. The largest absolute Gasteiger partial charge is 0.507 e. The number of nitrogens with two attached hydrogens (primary N) is 1. The van der Waals surface area contributed by atoms with Crippen LogP contribution in [0.1, 0.15) is 34.8 Å². The Balaban J connectivity index is 1.67. The smallest absolute Gasteiger partial charge is 0.235 e. The minimum Gasteiger partial charge on any atom is -0.507 e. The highest BCUT2D eigenvalue weighted by Gasteiger charge is 2.69. The number of fused-ring (bicyclic) bond motifs is 3. The van der Waals surface area contributed by atoms with Crippen LogP contribution in [0.4, 0.5) is 5.69 Å². The maximum absolute atomic E-state index is 14.2. The van der Waals surface area contributed by atoms with Crippen molar-refractivity contribution in [2.24, 2.45) is 29.4 Å². The summed E-state index contributed by atoms with van der Waals surface area (Å²) in [6.45, 7) is 2.03. The number of benzene rings is 2. The van der Waals surface area contributed by atoms with E-state index in [1.54, 1.807) is 14.1 Å². The van der Waals surface area contributed by atoms with Crippen LogP contribution in [0, 0.1) is 23.7 Å². The van der Waals surface area contributed by atoms with Crippen molar-refractivity contribution in [3.05, 3.63) is 47.0 Å². The average Bonchev–Trinajstić information content (AvgIpc) is 2.90. The molecule has 3 aliphatic carbocycles. The molecule has 2 aromatic rings. The summed E-state index contributed by atoms with van der Waals surface area (Å²) in [7, 11) is 6.77. The van der Waals surface area contributed by atoms with Crippen molar-refractivity contribution in [2.45, 2.75) is 37.8 Å².